The van der Waals surface area contributed by atoms with Crippen LogP contribution in [0.1, 0.15) is 23.6 Å². The van der Waals surface area contributed by atoms with Crippen molar-refractivity contribution in [2.75, 3.05) is 0 Å². The molecule has 0 atom stereocenters. The second-order valence-corrected chi connectivity index (χ2v) is 4.36. The van der Waals surface area contributed by atoms with E-state index >= 15 is 0 Å². The summed E-state index contributed by atoms with van der Waals surface area (Å²) in [4.78, 5) is 0. The van der Waals surface area contributed by atoms with Gasteiger partial charge in [-0.05, 0) is 54.3 Å². The van der Waals surface area contributed by atoms with E-state index in [1.807, 2.05) is 25.1 Å². The summed E-state index contributed by atoms with van der Waals surface area (Å²) in [6, 6.07) is 12.8. The Balaban J connectivity index is 2.06. The maximum absolute atomic E-state index is 13.0. The lowest BCUT2D eigenvalue weighted by molar-refractivity contribution is 0.305. The minimum absolute atomic E-state index is 0.204. The number of hydrogen-bond donors (Lipinski definition) is 0. The summed E-state index contributed by atoms with van der Waals surface area (Å²) >= 11 is 0. The molecule has 0 aliphatic rings. The Kier molecular flexibility index (Phi) is 3.98. The van der Waals surface area contributed by atoms with E-state index in [2.05, 4.69) is 13.0 Å². The first kappa shape index (κ1) is 12.6. The van der Waals surface area contributed by atoms with Crippen molar-refractivity contribution >= 4 is 0 Å². The topological polar surface area (TPSA) is 9.23 Å². The molecule has 0 aliphatic carbocycles. The minimum Gasteiger partial charge on any atom is -0.489 e. The minimum atomic E-state index is -0.204. The number of halogens is 1. The van der Waals surface area contributed by atoms with Crippen molar-refractivity contribution in [3.63, 3.8) is 0 Å². The quantitative estimate of drug-likeness (QED) is 0.780. The van der Waals surface area contributed by atoms with Crippen molar-refractivity contribution in [2.45, 2.75) is 26.9 Å². The fourth-order valence-corrected chi connectivity index (χ4v) is 1.84. The van der Waals surface area contributed by atoms with Gasteiger partial charge in [0.25, 0.3) is 0 Å². The predicted octanol–water partition coefficient (Wildman–Crippen LogP) is 4.28. The molecule has 0 fully saturated rings. The molecule has 2 aromatic rings. The lowest BCUT2D eigenvalue weighted by Gasteiger charge is -2.09. The first-order chi connectivity index (χ1) is 8.69. The molecule has 0 radical (unpaired) electrons. The Hall–Kier alpha value is -1.83. The third-order valence-electron chi connectivity index (χ3n) is 3.01. The Bertz CT molecular complexity index is 534. The molecule has 0 aromatic heterocycles. The molecule has 0 amide bonds. The Labute approximate surface area is 107 Å². The summed E-state index contributed by atoms with van der Waals surface area (Å²) in [5, 5.41) is 0. The Morgan fingerprint density at radius 3 is 2.67 bits per heavy atom. The SMILES string of the molecule is CCc1cccc(OCc2ccc(F)cc2C)c1. The zero-order chi connectivity index (χ0) is 13.0. The third-order valence-corrected chi connectivity index (χ3v) is 3.01. The molecular formula is C16H17FO. The van der Waals surface area contributed by atoms with Crippen LogP contribution in [0.5, 0.6) is 5.75 Å². The highest BCUT2D eigenvalue weighted by Gasteiger charge is 2.02. The summed E-state index contributed by atoms with van der Waals surface area (Å²) in [6.07, 6.45) is 0.993. The van der Waals surface area contributed by atoms with Crippen molar-refractivity contribution in [1.29, 1.82) is 0 Å². The molecule has 2 rings (SSSR count). The molecule has 0 heterocycles. The smallest absolute Gasteiger partial charge is 0.123 e. The average Bonchev–Trinajstić information content (AvgIpc) is 2.38. The molecule has 1 nitrogen and oxygen atoms in total. The van der Waals surface area contributed by atoms with Gasteiger partial charge in [0.1, 0.15) is 18.2 Å². The Morgan fingerprint density at radius 1 is 1.11 bits per heavy atom. The summed E-state index contributed by atoms with van der Waals surface area (Å²) < 4.78 is 18.7. The van der Waals surface area contributed by atoms with E-state index in [1.165, 1.54) is 17.7 Å². The largest absolute Gasteiger partial charge is 0.489 e. The van der Waals surface area contributed by atoms with Gasteiger partial charge in [0.15, 0.2) is 0 Å². The van der Waals surface area contributed by atoms with Gasteiger partial charge in [-0.1, -0.05) is 25.1 Å². The van der Waals surface area contributed by atoms with Gasteiger partial charge in [0, 0.05) is 0 Å². The van der Waals surface area contributed by atoms with E-state index in [9.17, 15) is 4.39 Å². The van der Waals surface area contributed by atoms with Gasteiger partial charge in [-0.2, -0.15) is 0 Å². The Morgan fingerprint density at radius 2 is 1.94 bits per heavy atom. The number of ether oxygens (including phenoxy) is 1. The molecule has 94 valence electrons. The maximum atomic E-state index is 13.0. The van der Waals surface area contributed by atoms with E-state index in [4.69, 9.17) is 4.74 Å². The molecule has 0 spiro atoms. The van der Waals surface area contributed by atoms with Gasteiger partial charge in [0.2, 0.25) is 0 Å². The van der Waals surface area contributed by atoms with Crippen molar-refractivity contribution in [3.05, 3.63) is 65.0 Å². The fourth-order valence-electron chi connectivity index (χ4n) is 1.84. The van der Waals surface area contributed by atoms with Crippen molar-refractivity contribution < 1.29 is 9.13 Å². The van der Waals surface area contributed by atoms with Crippen LogP contribution < -0.4 is 4.74 Å². The monoisotopic (exact) mass is 244 g/mol. The number of aryl methyl sites for hydroxylation is 2. The summed E-state index contributed by atoms with van der Waals surface area (Å²) in [7, 11) is 0. The molecule has 0 saturated heterocycles. The molecule has 2 heteroatoms. The van der Waals surface area contributed by atoms with Crippen molar-refractivity contribution in [2.24, 2.45) is 0 Å². The number of benzene rings is 2. The zero-order valence-electron chi connectivity index (χ0n) is 10.7. The lowest BCUT2D eigenvalue weighted by atomic mass is 10.1. The van der Waals surface area contributed by atoms with Crippen LogP contribution in [0, 0.1) is 12.7 Å². The summed E-state index contributed by atoms with van der Waals surface area (Å²) in [6.45, 7) is 4.48. The van der Waals surface area contributed by atoms with Crippen molar-refractivity contribution in [3.8, 4) is 5.75 Å². The number of hydrogen-bond acceptors (Lipinski definition) is 1. The van der Waals surface area contributed by atoms with Gasteiger partial charge in [-0.3, -0.25) is 0 Å². The van der Waals surface area contributed by atoms with Gasteiger partial charge >= 0.3 is 0 Å². The number of rotatable bonds is 4. The summed E-state index contributed by atoms with van der Waals surface area (Å²) in [5.41, 5.74) is 3.18. The van der Waals surface area contributed by atoms with Crippen LogP contribution in [0.4, 0.5) is 4.39 Å². The maximum Gasteiger partial charge on any atom is 0.123 e. The molecular weight excluding hydrogens is 227 g/mol. The molecule has 0 aliphatic heterocycles. The highest BCUT2D eigenvalue weighted by molar-refractivity contribution is 5.30. The van der Waals surface area contributed by atoms with E-state index in [-0.39, 0.29) is 5.82 Å². The second-order valence-electron chi connectivity index (χ2n) is 4.36. The van der Waals surface area contributed by atoms with Crippen LogP contribution in [-0.2, 0) is 13.0 Å². The summed E-state index contributed by atoms with van der Waals surface area (Å²) in [5.74, 6) is 0.655. The predicted molar refractivity (Wildman–Crippen MR) is 71.3 cm³/mol. The van der Waals surface area contributed by atoms with Gasteiger partial charge in [0.05, 0.1) is 0 Å². The molecule has 0 bridgehead atoms. The zero-order valence-corrected chi connectivity index (χ0v) is 10.7. The van der Waals surface area contributed by atoms with Crippen LogP contribution >= 0.6 is 0 Å². The average molecular weight is 244 g/mol. The molecule has 2 aromatic carbocycles. The highest BCUT2D eigenvalue weighted by Crippen LogP contribution is 2.17. The molecule has 18 heavy (non-hydrogen) atoms. The highest BCUT2D eigenvalue weighted by atomic mass is 19.1. The second kappa shape index (κ2) is 5.67. The van der Waals surface area contributed by atoms with E-state index < -0.39 is 0 Å². The van der Waals surface area contributed by atoms with Gasteiger partial charge < -0.3 is 4.74 Å². The van der Waals surface area contributed by atoms with Gasteiger partial charge in [-0.15, -0.1) is 0 Å². The standard InChI is InChI=1S/C16H17FO/c1-3-13-5-4-6-16(10-13)18-11-14-7-8-15(17)9-12(14)2/h4-10H,3,11H2,1-2H3. The van der Waals surface area contributed by atoms with Crippen LogP contribution in [0.3, 0.4) is 0 Å². The van der Waals surface area contributed by atoms with Crippen LogP contribution in [0.2, 0.25) is 0 Å². The normalized spacial score (nSPS) is 10.4. The van der Waals surface area contributed by atoms with Gasteiger partial charge in [-0.25, -0.2) is 4.39 Å². The first-order valence-corrected chi connectivity index (χ1v) is 6.16. The van der Waals surface area contributed by atoms with E-state index in [0.29, 0.717) is 6.61 Å². The van der Waals surface area contributed by atoms with Crippen LogP contribution in [0.15, 0.2) is 42.5 Å². The van der Waals surface area contributed by atoms with Crippen LogP contribution in [0.25, 0.3) is 0 Å². The lowest BCUT2D eigenvalue weighted by Crippen LogP contribution is -1.98. The van der Waals surface area contributed by atoms with E-state index in [1.54, 1.807) is 6.07 Å². The molecule has 0 saturated carbocycles. The van der Waals surface area contributed by atoms with Crippen LogP contribution in [-0.4, -0.2) is 0 Å². The third kappa shape index (κ3) is 3.10. The first-order valence-electron chi connectivity index (χ1n) is 6.16. The fraction of sp³-hybridized carbons (Fsp3) is 0.250. The van der Waals surface area contributed by atoms with Crippen molar-refractivity contribution in [1.82, 2.24) is 0 Å². The van der Waals surface area contributed by atoms with E-state index in [0.717, 1.165) is 23.3 Å². The molecule has 0 N–H and O–H groups in total. The molecule has 0 unspecified atom stereocenters.